The van der Waals surface area contributed by atoms with Crippen LogP contribution in [0, 0.1) is 11.3 Å². The van der Waals surface area contributed by atoms with Crippen LogP contribution in [0.5, 0.6) is 0 Å². The van der Waals surface area contributed by atoms with Crippen molar-refractivity contribution in [2.75, 3.05) is 13.2 Å². The number of esters is 1. The minimum absolute atomic E-state index is 0.0382. The zero-order valence-corrected chi connectivity index (χ0v) is 7.54. The lowest BCUT2D eigenvalue weighted by molar-refractivity contribution is -0.138. The fourth-order valence-corrected chi connectivity index (χ4v) is 0.590. The van der Waals surface area contributed by atoms with Gasteiger partial charge in [-0.25, -0.2) is 4.79 Å². The maximum atomic E-state index is 11.0. The Morgan fingerprint density at radius 3 is 2.92 bits per heavy atom. The molecule has 0 aliphatic rings. The van der Waals surface area contributed by atoms with Crippen LogP contribution in [0.25, 0.3) is 0 Å². The molecule has 0 heterocycles. The number of rotatable bonds is 5. The van der Waals surface area contributed by atoms with Gasteiger partial charge >= 0.3 is 5.97 Å². The van der Waals surface area contributed by atoms with Gasteiger partial charge in [0.2, 0.25) is 0 Å². The van der Waals surface area contributed by atoms with Crippen LogP contribution in [0.15, 0.2) is 24.4 Å². The van der Waals surface area contributed by atoms with E-state index in [1.54, 1.807) is 19.1 Å². The van der Waals surface area contributed by atoms with Gasteiger partial charge in [-0.3, -0.25) is 0 Å². The summed E-state index contributed by atoms with van der Waals surface area (Å²) in [5.41, 5.74) is -0.0382. The van der Waals surface area contributed by atoms with E-state index in [2.05, 4.69) is 16.6 Å². The first-order valence-corrected chi connectivity index (χ1v) is 3.88. The Morgan fingerprint density at radius 1 is 1.77 bits per heavy atom. The van der Waals surface area contributed by atoms with Gasteiger partial charge in [-0.05, 0) is 6.92 Å². The number of ether oxygens (including phenoxy) is 1. The zero-order chi connectivity index (χ0) is 10.1. The highest BCUT2D eigenvalue weighted by atomic mass is 16.5. The summed E-state index contributed by atoms with van der Waals surface area (Å²) in [4.78, 5) is 11.0. The summed E-state index contributed by atoms with van der Waals surface area (Å²) in [6.07, 6.45) is 2.94. The molecule has 0 amide bonds. The van der Waals surface area contributed by atoms with E-state index in [1.807, 2.05) is 0 Å². The molecule has 13 heavy (non-hydrogen) atoms. The van der Waals surface area contributed by atoms with Crippen LogP contribution >= 0.6 is 0 Å². The number of hydrogen-bond acceptors (Lipinski definition) is 4. The quantitative estimate of drug-likeness (QED) is 0.223. The van der Waals surface area contributed by atoms with Crippen molar-refractivity contribution in [1.29, 1.82) is 5.26 Å². The first-order valence-electron chi connectivity index (χ1n) is 3.88. The lowest BCUT2D eigenvalue weighted by atomic mass is 10.3. The van der Waals surface area contributed by atoms with E-state index in [0.29, 0.717) is 6.54 Å². The molecule has 0 unspecified atom stereocenters. The van der Waals surface area contributed by atoms with Crippen molar-refractivity contribution in [2.45, 2.75) is 6.92 Å². The first-order chi connectivity index (χ1) is 6.26. The summed E-state index contributed by atoms with van der Waals surface area (Å²) >= 11 is 0. The van der Waals surface area contributed by atoms with Crippen molar-refractivity contribution in [3.05, 3.63) is 24.4 Å². The maximum Gasteiger partial charge on any atom is 0.350 e. The van der Waals surface area contributed by atoms with Crippen molar-refractivity contribution in [3.8, 4) is 6.07 Å². The van der Waals surface area contributed by atoms with Gasteiger partial charge in [0.1, 0.15) is 6.07 Å². The zero-order valence-electron chi connectivity index (χ0n) is 7.54. The molecule has 4 heteroatoms. The molecule has 0 radical (unpaired) electrons. The third kappa shape index (κ3) is 4.64. The highest BCUT2D eigenvalue weighted by Gasteiger charge is 2.08. The van der Waals surface area contributed by atoms with Crippen LogP contribution in [0.2, 0.25) is 0 Å². The first kappa shape index (κ1) is 11.2. The molecule has 0 aromatic carbocycles. The van der Waals surface area contributed by atoms with Crippen molar-refractivity contribution in [3.63, 3.8) is 0 Å². The molecule has 0 bridgehead atoms. The molecule has 0 rings (SSSR count). The number of nitriles is 1. The van der Waals surface area contributed by atoms with Crippen molar-refractivity contribution in [2.24, 2.45) is 0 Å². The molecule has 0 saturated carbocycles. The Bertz CT molecular complexity index is 251. The maximum absolute atomic E-state index is 11.0. The topological polar surface area (TPSA) is 62.1 Å². The number of hydrogen-bond donors (Lipinski definition) is 1. The number of carbonyl (C=O) groups excluding carboxylic acids is 1. The number of carbonyl (C=O) groups is 1. The van der Waals surface area contributed by atoms with E-state index in [4.69, 9.17) is 5.26 Å². The SMILES string of the molecule is C=CCNC=C(C#N)C(=O)OCC. The predicted octanol–water partition coefficient (Wildman–Crippen LogP) is 0.733. The summed E-state index contributed by atoms with van der Waals surface area (Å²) in [5.74, 6) is -0.610. The Labute approximate surface area is 77.5 Å². The van der Waals surface area contributed by atoms with Gasteiger partial charge in [-0.15, -0.1) is 6.58 Å². The van der Waals surface area contributed by atoms with Crippen LogP contribution in [-0.4, -0.2) is 19.1 Å². The average Bonchev–Trinajstić information content (AvgIpc) is 2.13. The van der Waals surface area contributed by atoms with E-state index in [9.17, 15) is 4.79 Å². The van der Waals surface area contributed by atoms with Gasteiger partial charge in [0, 0.05) is 12.7 Å². The molecule has 0 spiro atoms. The lowest BCUT2D eigenvalue weighted by Crippen LogP contribution is -2.11. The van der Waals surface area contributed by atoms with Crippen molar-refractivity contribution >= 4 is 5.97 Å². The highest BCUT2D eigenvalue weighted by Crippen LogP contribution is 1.94. The van der Waals surface area contributed by atoms with E-state index in [-0.39, 0.29) is 12.2 Å². The van der Waals surface area contributed by atoms with Gasteiger partial charge in [0.15, 0.2) is 5.57 Å². The molecule has 1 N–H and O–H groups in total. The van der Waals surface area contributed by atoms with Gasteiger partial charge in [-0.1, -0.05) is 6.08 Å². The molecule has 0 atom stereocenters. The lowest BCUT2D eigenvalue weighted by Gasteiger charge is -1.99. The second-order valence-electron chi connectivity index (χ2n) is 2.09. The van der Waals surface area contributed by atoms with Crippen molar-refractivity contribution in [1.82, 2.24) is 5.32 Å². The Morgan fingerprint density at radius 2 is 2.46 bits per heavy atom. The fraction of sp³-hybridized carbons (Fsp3) is 0.333. The second-order valence-corrected chi connectivity index (χ2v) is 2.09. The fourth-order valence-electron chi connectivity index (χ4n) is 0.590. The molecule has 0 fully saturated rings. The Kier molecular flexibility index (Phi) is 5.98. The van der Waals surface area contributed by atoms with E-state index in [1.165, 1.54) is 6.20 Å². The number of nitrogens with one attached hydrogen (secondary N) is 1. The van der Waals surface area contributed by atoms with Gasteiger partial charge in [0.25, 0.3) is 0 Å². The highest BCUT2D eigenvalue weighted by molar-refractivity contribution is 5.92. The normalized spacial score (nSPS) is 10.0. The predicted molar refractivity (Wildman–Crippen MR) is 48.5 cm³/mol. The summed E-state index contributed by atoms with van der Waals surface area (Å²) in [6.45, 7) is 5.93. The monoisotopic (exact) mass is 180 g/mol. The van der Waals surface area contributed by atoms with Gasteiger partial charge < -0.3 is 10.1 Å². The minimum Gasteiger partial charge on any atom is -0.462 e. The average molecular weight is 180 g/mol. The van der Waals surface area contributed by atoms with E-state index < -0.39 is 5.97 Å². The minimum atomic E-state index is -0.610. The molecular weight excluding hydrogens is 168 g/mol. The van der Waals surface area contributed by atoms with Crippen LogP contribution in [0.4, 0.5) is 0 Å². The van der Waals surface area contributed by atoms with Crippen LogP contribution in [-0.2, 0) is 9.53 Å². The molecule has 70 valence electrons. The molecule has 0 aliphatic carbocycles. The molecular formula is C9H12N2O2. The summed E-state index contributed by atoms with van der Waals surface area (Å²) in [5, 5.41) is 11.3. The second kappa shape index (κ2) is 6.92. The molecule has 0 aromatic heterocycles. The molecule has 4 nitrogen and oxygen atoms in total. The summed E-state index contributed by atoms with van der Waals surface area (Å²) < 4.78 is 4.63. The van der Waals surface area contributed by atoms with Gasteiger partial charge in [0.05, 0.1) is 6.61 Å². The third-order valence-corrected chi connectivity index (χ3v) is 1.12. The largest absolute Gasteiger partial charge is 0.462 e. The summed E-state index contributed by atoms with van der Waals surface area (Å²) in [7, 11) is 0. The molecule has 0 aromatic rings. The Hall–Kier alpha value is -1.76. The smallest absolute Gasteiger partial charge is 0.350 e. The Balaban J connectivity index is 4.16. The van der Waals surface area contributed by atoms with Crippen LogP contribution < -0.4 is 5.32 Å². The van der Waals surface area contributed by atoms with Crippen LogP contribution in [0.3, 0.4) is 0 Å². The molecule has 0 saturated heterocycles. The van der Waals surface area contributed by atoms with Crippen molar-refractivity contribution < 1.29 is 9.53 Å². The van der Waals surface area contributed by atoms with E-state index >= 15 is 0 Å². The molecule has 0 aliphatic heterocycles. The van der Waals surface area contributed by atoms with E-state index in [0.717, 1.165) is 0 Å². The number of nitrogens with zero attached hydrogens (tertiary/aromatic N) is 1. The third-order valence-electron chi connectivity index (χ3n) is 1.12. The van der Waals surface area contributed by atoms with Crippen LogP contribution in [0.1, 0.15) is 6.92 Å². The van der Waals surface area contributed by atoms with Gasteiger partial charge in [-0.2, -0.15) is 5.26 Å². The standard InChI is InChI=1S/C9H12N2O2/c1-3-5-11-7-8(6-10)9(12)13-4-2/h3,7,11H,1,4-5H2,2H3. The summed E-state index contributed by atoms with van der Waals surface area (Å²) in [6, 6.07) is 1.74.